The third kappa shape index (κ3) is 3.77. The van der Waals surface area contributed by atoms with E-state index in [9.17, 15) is 9.59 Å². The molecule has 0 saturated carbocycles. The molecule has 0 unspecified atom stereocenters. The lowest BCUT2D eigenvalue weighted by Gasteiger charge is -2.24. The minimum Gasteiger partial charge on any atom is -0.462 e. The topological polar surface area (TPSA) is 52.6 Å². The largest absolute Gasteiger partial charge is 0.462 e. The highest BCUT2D eigenvalue weighted by Crippen LogP contribution is 2.21. The highest BCUT2D eigenvalue weighted by atomic mass is 28.3. The summed E-state index contributed by atoms with van der Waals surface area (Å²) in [7, 11) is -1.83. The Bertz CT molecular complexity index is 585. The van der Waals surface area contributed by atoms with Gasteiger partial charge in [-0.25, -0.2) is 9.59 Å². The number of esters is 2. The van der Waals surface area contributed by atoms with Gasteiger partial charge in [-0.3, -0.25) is 0 Å². The van der Waals surface area contributed by atoms with Gasteiger partial charge >= 0.3 is 11.9 Å². The molecule has 22 heavy (non-hydrogen) atoms. The summed E-state index contributed by atoms with van der Waals surface area (Å²) in [6.45, 7) is 14.4. The van der Waals surface area contributed by atoms with E-state index in [2.05, 4.69) is 19.6 Å². The van der Waals surface area contributed by atoms with Gasteiger partial charge in [-0.15, -0.1) is 0 Å². The van der Waals surface area contributed by atoms with Crippen LogP contribution in [0.5, 0.6) is 0 Å². The zero-order valence-corrected chi connectivity index (χ0v) is 15.6. The zero-order chi connectivity index (χ0) is 17.1. The fourth-order valence-corrected chi connectivity index (χ4v) is 4.01. The minimum atomic E-state index is -1.83. The molecule has 0 N–H and O–H groups in total. The summed E-state index contributed by atoms with van der Waals surface area (Å²) in [5, 5.41) is 0.942. The molecule has 0 amide bonds. The van der Waals surface area contributed by atoms with Gasteiger partial charge in [0.05, 0.1) is 32.4 Å². The summed E-state index contributed by atoms with van der Waals surface area (Å²) >= 11 is 0. The second kappa shape index (κ2) is 7.09. The Morgan fingerprint density at radius 1 is 0.955 bits per heavy atom. The van der Waals surface area contributed by atoms with E-state index in [4.69, 9.17) is 9.47 Å². The maximum atomic E-state index is 12.4. The van der Waals surface area contributed by atoms with E-state index >= 15 is 0 Å². The average Bonchev–Trinajstić information content (AvgIpc) is 2.40. The maximum absolute atomic E-state index is 12.4. The van der Waals surface area contributed by atoms with E-state index in [1.165, 1.54) is 0 Å². The summed E-state index contributed by atoms with van der Waals surface area (Å²) in [5.74, 6) is -0.644. The van der Waals surface area contributed by atoms with Crippen molar-refractivity contribution in [3.8, 4) is 0 Å². The molecule has 1 aromatic carbocycles. The summed E-state index contributed by atoms with van der Waals surface area (Å²) in [6.07, 6.45) is 0. The number of rotatable bonds is 5. The summed E-state index contributed by atoms with van der Waals surface area (Å²) in [5.41, 5.74) is 2.75. The molecule has 0 aliphatic carbocycles. The Labute approximate surface area is 133 Å². The van der Waals surface area contributed by atoms with Crippen molar-refractivity contribution in [3.05, 3.63) is 28.3 Å². The first-order chi connectivity index (χ1) is 10.1. The van der Waals surface area contributed by atoms with E-state index < -0.39 is 8.07 Å². The number of hydrogen-bond donors (Lipinski definition) is 0. The summed E-state index contributed by atoms with van der Waals surface area (Å²) < 4.78 is 10.4. The monoisotopic (exact) mass is 322 g/mol. The van der Waals surface area contributed by atoms with E-state index in [-0.39, 0.29) is 11.9 Å². The normalized spacial score (nSPS) is 11.2. The Hall–Kier alpha value is -1.62. The lowest BCUT2D eigenvalue weighted by molar-refractivity contribution is 0.0511. The number of carbonyl (C=O) groups excluding carboxylic acids is 2. The molecule has 0 saturated heterocycles. The van der Waals surface area contributed by atoms with Crippen molar-refractivity contribution in [2.45, 2.75) is 47.3 Å². The first-order valence-electron chi connectivity index (χ1n) is 7.64. The van der Waals surface area contributed by atoms with Gasteiger partial charge in [-0.2, -0.15) is 0 Å². The molecule has 0 bridgehead atoms. The molecule has 0 radical (unpaired) electrons. The van der Waals surface area contributed by atoms with Gasteiger partial charge in [-0.05, 0) is 50.1 Å². The van der Waals surface area contributed by atoms with Crippen LogP contribution in [0.3, 0.4) is 0 Å². The van der Waals surface area contributed by atoms with Gasteiger partial charge in [0.25, 0.3) is 0 Å². The molecular formula is C17H26O4Si. The first kappa shape index (κ1) is 18.4. The molecule has 4 nitrogen and oxygen atoms in total. The van der Waals surface area contributed by atoms with Gasteiger partial charge in [0.15, 0.2) is 0 Å². The fraction of sp³-hybridized carbons (Fsp3) is 0.529. The highest BCUT2D eigenvalue weighted by molar-refractivity contribution is 6.89. The predicted octanol–water partition coefficient (Wildman–Crippen LogP) is 3.20. The smallest absolute Gasteiger partial charge is 0.338 e. The second-order valence-electron chi connectivity index (χ2n) is 6.29. The molecule has 1 rings (SSSR count). The minimum absolute atomic E-state index is 0.309. The lowest BCUT2D eigenvalue weighted by atomic mass is 9.97. The molecule has 0 fully saturated rings. The zero-order valence-electron chi connectivity index (χ0n) is 14.6. The summed E-state index contributed by atoms with van der Waals surface area (Å²) in [6, 6.07) is 1.83. The Morgan fingerprint density at radius 2 is 1.45 bits per heavy atom. The van der Waals surface area contributed by atoms with Crippen molar-refractivity contribution in [2.24, 2.45) is 0 Å². The van der Waals surface area contributed by atoms with Crippen LogP contribution in [0.2, 0.25) is 19.6 Å². The standard InChI is InChI=1S/C17H26O4Si/c1-8-20-16(18)13-10-14(22(5,6)7)15(12(4)11(13)3)17(19)21-9-2/h10H,8-9H2,1-7H3. The van der Waals surface area contributed by atoms with E-state index in [1.807, 2.05) is 19.9 Å². The Morgan fingerprint density at radius 3 is 1.91 bits per heavy atom. The predicted molar refractivity (Wildman–Crippen MR) is 90.8 cm³/mol. The molecule has 0 aliphatic rings. The van der Waals surface area contributed by atoms with Crippen molar-refractivity contribution >= 4 is 25.2 Å². The van der Waals surface area contributed by atoms with Crippen LogP contribution >= 0.6 is 0 Å². The van der Waals surface area contributed by atoms with Crippen molar-refractivity contribution in [3.63, 3.8) is 0 Å². The number of hydrogen-bond acceptors (Lipinski definition) is 4. The van der Waals surface area contributed by atoms with Gasteiger partial charge in [0.1, 0.15) is 0 Å². The highest BCUT2D eigenvalue weighted by Gasteiger charge is 2.29. The van der Waals surface area contributed by atoms with Gasteiger partial charge in [0.2, 0.25) is 0 Å². The van der Waals surface area contributed by atoms with Gasteiger partial charge in [-0.1, -0.05) is 19.6 Å². The molecule has 0 aliphatic heterocycles. The van der Waals surface area contributed by atoms with Gasteiger partial charge in [0, 0.05) is 0 Å². The molecule has 0 heterocycles. The van der Waals surface area contributed by atoms with Crippen LogP contribution in [-0.2, 0) is 9.47 Å². The molecule has 122 valence electrons. The maximum Gasteiger partial charge on any atom is 0.338 e. The second-order valence-corrected chi connectivity index (χ2v) is 11.3. The Kier molecular flexibility index (Phi) is 5.94. The van der Waals surface area contributed by atoms with Crippen molar-refractivity contribution in [1.29, 1.82) is 0 Å². The fourth-order valence-electron chi connectivity index (χ4n) is 2.39. The van der Waals surface area contributed by atoms with Crippen LogP contribution in [0.15, 0.2) is 6.07 Å². The third-order valence-corrected chi connectivity index (χ3v) is 5.69. The quantitative estimate of drug-likeness (QED) is 0.617. The van der Waals surface area contributed by atoms with Gasteiger partial charge < -0.3 is 9.47 Å². The lowest BCUT2D eigenvalue weighted by Crippen LogP contribution is -2.43. The molecule has 0 aromatic heterocycles. The average molecular weight is 322 g/mol. The number of benzene rings is 1. The molecule has 1 aromatic rings. The number of carbonyl (C=O) groups is 2. The first-order valence-corrected chi connectivity index (χ1v) is 11.1. The summed E-state index contributed by atoms with van der Waals surface area (Å²) in [4.78, 5) is 24.6. The molecule has 5 heteroatoms. The van der Waals surface area contributed by atoms with Crippen molar-refractivity contribution in [2.75, 3.05) is 13.2 Å². The Balaban J connectivity index is 3.62. The SMILES string of the molecule is CCOC(=O)c1cc([Si](C)(C)C)c(C(=O)OCC)c(C)c1C. The van der Waals surface area contributed by atoms with Crippen molar-refractivity contribution < 1.29 is 19.1 Å². The van der Waals surface area contributed by atoms with Crippen LogP contribution in [0.4, 0.5) is 0 Å². The van der Waals surface area contributed by atoms with E-state index in [0.29, 0.717) is 24.3 Å². The van der Waals surface area contributed by atoms with Crippen LogP contribution in [0.25, 0.3) is 0 Å². The van der Waals surface area contributed by atoms with Crippen molar-refractivity contribution in [1.82, 2.24) is 0 Å². The van der Waals surface area contributed by atoms with Crippen LogP contribution < -0.4 is 5.19 Å². The van der Waals surface area contributed by atoms with E-state index in [0.717, 1.165) is 16.3 Å². The number of ether oxygens (including phenoxy) is 2. The van der Waals surface area contributed by atoms with Crippen LogP contribution in [0.1, 0.15) is 45.7 Å². The third-order valence-electron chi connectivity index (χ3n) is 3.68. The van der Waals surface area contributed by atoms with Crippen LogP contribution in [-0.4, -0.2) is 33.2 Å². The van der Waals surface area contributed by atoms with E-state index in [1.54, 1.807) is 13.8 Å². The molecular weight excluding hydrogens is 296 g/mol. The molecule has 0 atom stereocenters. The molecule has 0 spiro atoms. The van der Waals surface area contributed by atoms with Crippen LogP contribution in [0, 0.1) is 13.8 Å².